The number of imidazole rings is 1. The van der Waals surface area contributed by atoms with E-state index in [1.165, 1.54) is 0 Å². The summed E-state index contributed by atoms with van der Waals surface area (Å²) in [5.74, 6) is -1.18. The lowest BCUT2D eigenvalue weighted by atomic mass is 9.70. The van der Waals surface area contributed by atoms with Gasteiger partial charge < -0.3 is 9.72 Å². The number of nitrogens with zero attached hydrogens (tertiary/aromatic N) is 2. The molecule has 0 radical (unpaired) electrons. The molecule has 1 aromatic heterocycles. The zero-order chi connectivity index (χ0) is 26.0. The van der Waals surface area contributed by atoms with Gasteiger partial charge in [-0.3, -0.25) is 19.3 Å². The summed E-state index contributed by atoms with van der Waals surface area (Å²) in [6.45, 7) is 3.08. The van der Waals surface area contributed by atoms with Crippen molar-refractivity contribution in [3.05, 3.63) is 95.3 Å². The molecule has 4 aromatic rings. The van der Waals surface area contributed by atoms with Gasteiger partial charge in [0.05, 0.1) is 23.6 Å². The van der Waals surface area contributed by atoms with Crippen LogP contribution < -0.4 is 4.74 Å². The number of nitrogens with one attached hydrogen (secondary N) is 1. The van der Waals surface area contributed by atoms with Gasteiger partial charge in [-0.25, -0.2) is 4.98 Å². The fourth-order valence-corrected chi connectivity index (χ4v) is 7.14. The molecule has 1 N–H and O–H groups in total. The standard InChI is InChI=1S/C31H27N3O4/c1-2-38-19-15-13-18(14-16-19)25-24-12-7-17-34(24)31(28(36)20-8-3-4-9-21(20)29(31)37)26(25)27(35)30-32-22-10-5-6-11-23(22)33-30/h3-6,8-11,13-16,24-26H,2,7,12,17H2,1H3,(H,32,33). The number of para-hydroxylation sites is 2. The third-order valence-corrected chi connectivity index (χ3v) is 8.57. The van der Waals surface area contributed by atoms with Crippen molar-refractivity contribution in [3.8, 4) is 5.75 Å². The lowest BCUT2D eigenvalue weighted by molar-refractivity contribution is 0.0470. The second-order valence-electron chi connectivity index (χ2n) is 10.3. The van der Waals surface area contributed by atoms with Crippen LogP contribution in [0.3, 0.4) is 0 Å². The monoisotopic (exact) mass is 505 g/mol. The predicted molar refractivity (Wildman–Crippen MR) is 142 cm³/mol. The van der Waals surface area contributed by atoms with Crippen LogP contribution in [0, 0.1) is 5.92 Å². The number of benzene rings is 3. The maximum absolute atomic E-state index is 14.6. The minimum atomic E-state index is -1.58. The van der Waals surface area contributed by atoms with Gasteiger partial charge in [0, 0.05) is 23.1 Å². The summed E-state index contributed by atoms with van der Waals surface area (Å²) in [7, 11) is 0. The second kappa shape index (κ2) is 8.46. The van der Waals surface area contributed by atoms with Crippen LogP contribution in [0.4, 0.5) is 0 Å². The molecular formula is C31H27N3O4. The average molecular weight is 506 g/mol. The number of rotatable bonds is 5. The van der Waals surface area contributed by atoms with Gasteiger partial charge in [-0.2, -0.15) is 0 Å². The Balaban J connectivity index is 1.44. The minimum Gasteiger partial charge on any atom is -0.494 e. The Morgan fingerprint density at radius 2 is 1.68 bits per heavy atom. The topological polar surface area (TPSA) is 92.4 Å². The molecule has 7 rings (SSSR count). The molecule has 1 spiro atoms. The summed E-state index contributed by atoms with van der Waals surface area (Å²) < 4.78 is 5.66. The number of hydrogen-bond acceptors (Lipinski definition) is 6. The lowest BCUT2D eigenvalue weighted by Gasteiger charge is -2.35. The lowest BCUT2D eigenvalue weighted by Crippen LogP contribution is -2.59. The third-order valence-electron chi connectivity index (χ3n) is 8.57. The molecule has 3 atom stereocenters. The van der Waals surface area contributed by atoms with Gasteiger partial charge in [0.25, 0.3) is 0 Å². The number of carbonyl (C=O) groups excluding carboxylic acids is 3. The number of fused-ring (bicyclic) bond motifs is 4. The molecule has 3 aromatic carbocycles. The van der Waals surface area contributed by atoms with E-state index in [1.54, 1.807) is 24.3 Å². The van der Waals surface area contributed by atoms with Crippen LogP contribution in [0.25, 0.3) is 11.0 Å². The highest BCUT2D eigenvalue weighted by Gasteiger charge is 2.72. The normalized spacial score (nSPS) is 23.8. The van der Waals surface area contributed by atoms with Gasteiger partial charge in [-0.05, 0) is 56.1 Å². The zero-order valence-corrected chi connectivity index (χ0v) is 21.0. The predicted octanol–water partition coefficient (Wildman–Crippen LogP) is 4.84. The first kappa shape index (κ1) is 23.0. The van der Waals surface area contributed by atoms with Crippen LogP contribution in [-0.2, 0) is 0 Å². The van der Waals surface area contributed by atoms with Crippen molar-refractivity contribution in [2.24, 2.45) is 5.92 Å². The average Bonchev–Trinajstić information content (AvgIpc) is 3.69. The Kier molecular flexibility index (Phi) is 5.13. The summed E-state index contributed by atoms with van der Waals surface area (Å²) in [5.41, 5.74) is 1.57. The molecule has 3 unspecified atom stereocenters. The molecule has 190 valence electrons. The Bertz CT molecular complexity index is 1540. The second-order valence-corrected chi connectivity index (χ2v) is 10.3. The number of hydrogen-bond donors (Lipinski definition) is 1. The Labute approximate surface area is 219 Å². The van der Waals surface area contributed by atoms with E-state index in [2.05, 4.69) is 9.97 Å². The molecule has 2 fully saturated rings. The van der Waals surface area contributed by atoms with E-state index in [1.807, 2.05) is 60.4 Å². The number of carbonyl (C=O) groups is 3. The third kappa shape index (κ3) is 2.99. The van der Waals surface area contributed by atoms with Crippen LogP contribution >= 0.6 is 0 Å². The van der Waals surface area contributed by atoms with Crippen molar-refractivity contribution in [1.29, 1.82) is 0 Å². The van der Waals surface area contributed by atoms with Gasteiger partial charge >= 0.3 is 0 Å². The molecule has 0 bridgehead atoms. The van der Waals surface area contributed by atoms with Crippen molar-refractivity contribution in [3.63, 3.8) is 0 Å². The molecular weight excluding hydrogens is 478 g/mol. The molecule has 0 amide bonds. The highest BCUT2D eigenvalue weighted by molar-refractivity contribution is 6.35. The number of H-pyrrole nitrogens is 1. The number of ether oxygens (including phenoxy) is 1. The van der Waals surface area contributed by atoms with Gasteiger partial charge in [-0.15, -0.1) is 0 Å². The van der Waals surface area contributed by atoms with E-state index in [0.29, 0.717) is 29.8 Å². The number of aromatic nitrogens is 2. The van der Waals surface area contributed by atoms with Crippen LogP contribution in [0.15, 0.2) is 72.8 Å². The summed E-state index contributed by atoms with van der Waals surface area (Å²) in [6, 6.07) is 22.1. The zero-order valence-electron chi connectivity index (χ0n) is 21.0. The summed E-state index contributed by atoms with van der Waals surface area (Å²) in [5, 5.41) is 0. The van der Waals surface area contributed by atoms with E-state index in [0.717, 1.165) is 29.7 Å². The maximum Gasteiger partial charge on any atom is 0.204 e. The molecule has 7 nitrogen and oxygen atoms in total. The number of aromatic amines is 1. The molecule has 3 heterocycles. The van der Waals surface area contributed by atoms with Gasteiger partial charge in [-0.1, -0.05) is 48.5 Å². The summed E-state index contributed by atoms with van der Waals surface area (Å²) >= 11 is 0. The highest BCUT2D eigenvalue weighted by Crippen LogP contribution is 2.57. The number of ketones is 3. The summed E-state index contributed by atoms with van der Waals surface area (Å²) in [4.78, 5) is 53.1. The van der Waals surface area contributed by atoms with Crippen LogP contribution in [0.1, 0.15) is 62.6 Å². The first-order chi connectivity index (χ1) is 18.6. The number of Topliss-reactive ketones (excluding diaryl/α,β-unsaturated/α-hetero) is 3. The van der Waals surface area contributed by atoms with E-state index < -0.39 is 11.5 Å². The van der Waals surface area contributed by atoms with Crippen LogP contribution in [0.2, 0.25) is 0 Å². The van der Waals surface area contributed by atoms with Crippen molar-refractivity contribution < 1.29 is 19.1 Å². The Hall–Kier alpha value is -4.10. The quantitative estimate of drug-likeness (QED) is 0.308. The minimum absolute atomic E-state index is 0.117. The SMILES string of the molecule is CCOc1ccc(C2C3CCCN3C3(C(=O)c4ccccc4C3=O)C2C(=O)c2nc3ccccc3[nH]2)cc1. The van der Waals surface area contributed by atoms with Crippen LogP contribution in [-0.4, -0.2) is 57.0 Å². The largest absolute Gasteiger partial charge is 0.494 e. The van der Waals surface area contributed by atoms with Crippen LogP contribution in [0.5, 0.6) is 5.75 Å². The Morgan fingerprint density at radius 1 is 1.00 bits per heavy atom. The summed E-state index contributed by atoms with van der Waals surface area (Å²) in [6.07, 6.45) is 1.67. The molecule has 1 aliphatic carbocycles. The smallest absolute Gasteiger partial charge is 0.204 e. The first-order valence-electron chi connectivity index (χ1n) is 13.2. The van der Waals surface area contributed by atoms with Crippen molar-refractivity contribution in [2.75, 3.05) is 13.2 Å². The van der Waals surface area contributed by atoms with E-state index >= 15 is 0 Å². The maximum atomic E-state index is 14.6. The van der Waals surface area contributed by atoms with Gasteiger partial charge in [0.15, 0.2) is 22.9 Å². The van der Waals surface area contributed by atoms with Gasteiger partial charge in [0.2, 0.25) is 5.78 Å². The van der Waals surface area contributed by atoms with E-state index in [9.17, 15) is 14.4 Å². The molecule has 0 saturated carbocycles. The van der Waals surface area contributed by atoms with E-state index in [-0.39, 0.29) is 35.1 Å². The van der Waals surface area contributed by atoms with Gasteiger partial charge in [0.1, 0.15) is 5.75 Å². The molecule has 38 heavy (non-hydrogen) atoms. The van der Waals surface area contributed by atoms with E-state index in [4.69, 9.17) is 4.74 Å². The Morgan fingerprint density at radius 3 is 2.37 bits per heavy atom. The first-order valence-corrected chi connectivity index (χ1v) is 13.2. The molecule has 3 aliphatic rings. The fourth-order valence-electron chi connectivity index (χ4n) is 7.14. The molecule has 2 saturated heterocycles. The van der Waals surface area contributed by atoms with Crippen molar-refractivity contribution >= 4 is 28.4 Å². The van der Waals surface area contributed by atoms with Crippen molar-refractivity contribution in [2.45, 2.75) is 37.3 Å². The molecule has 2 aliphatic heterocycles. The fraction of sp³-hybridized carbons (Fsp3) is 0.290. The molecule has 7 heteroatoms. The highest BCUT2D eigenvalue weighted by atomic mass is 16.5. The van der Waals surface area contributed by atoms with Crippen molar-refractivity contribution in [1.82, 2.24) is 14.9 Å².